The summed E-state index contributed by atoms with van der Waals surface area (Å²) in [7, 11) is 0. The summed E-state index contributed by atoms with van der Waals surface area (Å²) in [6.07, 6.45) is 0.469. The fraction of sp³-hybridized carbons (Fsp3) is 0.200. The number of hydrogen-bond acceptors (Lipinski definition) is 3. The van der Waals surface area contributed by atoms with Crippen LogP contribution in [0.1, 0.15) is 21.8 Å². The molecule has 3 aromatic rings. The van der Waals surface area contributed by atoms with Crippen molar-refractivity contribution in [2.75, 3.05) is 0 Å². The number of aryl methyl sites for hydroxylation is 2. The van der Waals surface area contributed by atoms with Crippen LogP contribution in [0.3, 0.4) is 0 Å². The summed E-state index contributed by atoms with van der Waals surface area (Å²) < 4.78 is 0. The molecule has 1 N–H and O–H groups in total. The molecular weight excluding hydrogens is 327 g/mol. The van der Waals surface area contributed by atoms with Gasteiger partial charge in [-0.1, -0.05) is 29.3 Å². The lowest BCUT2D eigenvalue weighted by Gasteiger charge is -2.04. The van der Waals surface area contributed by atoms with E-state index >= 15 is 0 Å². The van der Waals surface area contributed by atoms with Crippen molar-refractivity contribution in [1.82, 2.24) is 9.97 Å². The van der Waals surface area contributed by atoms with E-state index in [2.05, 4.69) is 9.97 Å². The third kappa shape index (κ3) is 2.71. The number of aromatic nitrogens is 2. The number of aromatic amines is 1. The molecule has 0 atom stereocenters. The number of rotatable bonds is 2. The van der Waals surface area contributed by atoms with Gasteiger partial charge in [-0.2, -0.15) is 0 Å². The van der Waals surface area contributed by atoms with Gasteiger partial charge in [-0.3, -0.25) is 4.79 Å². The van der Waals surface area contributed by atoms with E-state index in [1.54, 1.807) is 12.1 Å². The highest BCUT2D eigenvalue weighted by atomic mass is 35.5. The Labute approximate surface area is 135 Å². The zero-order valence-corrected chi connectivity index (χ0v) is 13.8. The molecule has 2 heterocycles. The molecule has 0 fully saturated rings. The summed E-state index contributed by atoms with van der Waals surface area (Å²) in [6, 6.07) is 5.31. The van der Waals surface area contributed by atoms with Gasteiger partial charge in [-0.15, -0.1) is 11.3 Å². The van der Waals surface area contributed by atoms with Gasteiger partial charge in [-0.05, 0) is 37.1 Å². The van der Waals surface area contributed by atoms with E-state index < -0.39 is 0 Å². The molecule has 0 aliphatic carbocycles. The molecule has 0 saturated carbocycles. The molecular formula is C15H12Cl2N2OS. The van der Waals surface area contributed by atoms with Gasteiger partial charge in [0, 0.05) is 21.3 Å². The maximum atomic E-state index is 12.2. The molecule has 6 heteroatoms. The lowest BCUT2D eigenvalue weighted by atomic mass is 10.1. The highest BCUT2D eigenvalue weighted by molar-refractivity contribution is 7.18. The van der Waals surface area contributed by atoms with Crippen LogP contribution in [-0.2, 0) is 6.42 Å². The Balaban J connectivity index is 2.07. The predicted octanol–water partition coefficient (Wildman–Crippen LogP) is 4.50. The minimum atomic E-state index is -0.0954. The average Bonchev–Trinajstić information content (AvgIpc) is 2.69. The van der Waals surface area contributed by atoms with Gasteiger partial charge in [0.25, 0.3) is 5.56 Å². The van der Waals surface area contributed by atoms with Crippen LogP contribution in [0.25, 0.3) is 10.2 Å². The molecule has 0 aliphatic heterocycles. The lowest BCUT2D eigenvalue weighted by Crippen LogP contribution is -2.12. The molecule has 0 unspecified atom stereocenters. The molecule has 108 valence electrons. The molecule has 3 rings (SSSR count). The van der Waals surface area contributed by atoms with Gasteiger partial charge < -0.3 is 4.98 Å². The molecule has 0 aliphatic rings. The fourth-order valence-electron chi connectivity index (χ4n) is 2.23. The van der Waals surface area contributed by atoms with Crippen molar-refractivity contribution < 1.29 is 0 Å². The zero-order chi connectivity index (χ0) is 15.1. The Kier molecular flexibility index (Phi) is 3.78. The summed E-state index contributed by atoms with van der Waals surface area (Å²) in [4.78, 5) is 21.5. The number of thiophene rings is 1. The van der Waals surface area contributed by atoms with Crippen LogP contribution in [0.2, 0.25) is 10.0 Å². The van der Waals surface area contributed by atoms with Gasteiger partial charge in [0.2, 0.25) is 0 Å². The number of benzene rings is 1. The summed E-state index contributed by atoms with van der Waals surface area (Å²) in [5.74, 6) is 0.609. The number of fused-ring (bicyclic) bond motifs is 1. The Morgan fingerprint density at radius 3 is 2.76 bits per heavy atom. The number of halogens is 2. The molecule has 0 amide bonds. The van der Waals surface area contributed by atoms with Crippen molar-refractivity contribution in [3.8, 4) is 0 Å². The normalized spacial score (nSPS) is 11.2. The van der Waals surface area contributed by atoms with Gasteiger partial charge >= 0.3 is 0 Å². The van der Waals surface area contributed by atoms with Crippen molar-refractivity contribution in [3.05, 3.63) is 60.4 Å². The Morgan fingerprint density at radius 2 is 2.05 bits per heavy atom. The van der Waals surface area contributed by atoms with Gasteiger partial charge in [0.05, 0.1) is 5.39 Å². The first kappa shape index (κ1) is 14.6. The Hall–Kier alpha value is -1.36. The smallest absolute Gasteiger partial charge is 0.259 e. The van der Waals surface area contributed by atoms with E-state index in [4.69, 9.17) is 23.2 Å². The molecule has 0 bridgehead atoms. The number of hydrogen-bond donors (Lipinski definition) is 1. The van der Waals surface area contributed by atoms with E-state index in [-0.39, 0.29) is 5.56 Å². The molecule has 1 aromatic carbocycles. The van der Waals surface area contributed by atoms with E-state index in [0.717, 1.165) is 20.8 Å². The third-order valence-corrected chi connectivity index (χ3v) is 5.15. The van der Waals surface area contributed by atoms with Crippen LogP contribution in [0.15, 0.2) is 23.0 Å². The third-order valence-electron chi connectivity index (χ3n) is 3.46. The molecule has 21 heavy (non-hydrogen) atoms. The number of H-pyrrole nitrogens is 1. The van der Waals surface area contributed by atoms with E-state index in [1.807, 2.05) is 19.9 Å². The highest BCUT2D eigenvalue weighted by Crippen LogP contribution is 2.27. The Bertz CT molecular complexity index is 899. The van der Waals surface area contributed by atoms with Crippen LogP contribution >= 0.6 is 34.5 Å². The minimum absolute atomic E-state index is 0.0954. The highest BCUT2D eigenvalue weighted by Gasteiger charge is 2.12. The summed E-state index contributed by atoms with van der Waals surface area (Å²) in [5.41, 5.74) is 1.79. The van der Waals surface area contributed by atoms with Crippen molar-refractivity contribution >= 4 is 44.8 Å². The van der Waals surface area contributed by atoms with Gasteiger partial charge in [0.1, 0.15) is 10.7 Å². The first-order chi connectivity index (χ1) is 9.95. The predicted molar refractivity (Wildman–Crippen MR) is 89.0 cm³/mol. The maximum absolute atomic E-state index is 12.2. The quantitative estimate of drug-likeness (QED) is 0.747. The zero-order valence-electron chi connectivity index (χ0n) is 11.5. The molecule has 0 spiro atoms. The maximum Gasteiger partial charge on any atom is 0.259 e. The van der Waals surface area contributed by atoms with Crippen LogP contribution in [0.4, 0.5) is 0 Å². The first-order valence-corrected chi connectivity index (χ1v) is 7.96. The largest absolute Gasteiger partial charge is 0.310 e. The van der Waals surface area contributed by atoms with Crippen molar-refractivity contribution in [1.29, 1.82) is 0 Å². The van der Waals surface area contributed by atoms with Crippen LogP contribution in [0.5, 0.6) is 0 Å². The summed E-state index contributed by atoms with van der Waals surface area (Å²) in [5, 5.41) is 1.84. The molecule has 2 aromatic heterocycles. The summed E-state index contributed by atoms with van der Waals surface area (Å²) >= 11 is 13.6. The average molecular weight is 339 g/mol. The molecule has 0 radical (unpaired) electrons. The fourth-order valence-corrected chi connectivity index (χ4v) is 3.75. The first-order valence-electron chi connectivity index (χ1n) is 6.38. The Morgan fingerprint density at radius 1 is 1.29 bits per heavy atom. The van der Waals surface area contributed by atoms with E-state index in [9.17, 15) is 4.79 Å². The second-order valence-corrected chi connectivity index (χ2v) is 6.94. The van der Waals surface area contributed by atoms with Crippen LogP contribution in [0, 0.1) is 13.8 Å². The van der Waals surface area contributed by atoms with Crippen LogP contribution in [-0.4, -0.2) is 9.97 Å². The van der Waals surface area contributed by atoms with Gasteiger partial charge in [0.15, 0.2) is 0 Å². The van der Waals surface area contributed by atoms with E-state index in [0.29, 0.717) is 27.7 Å². The number of nitrogens with zero attached hydrogens (tertiary/aromatic N) is 1. The molecule has 3 nitrogen and oxygen atoms in total. The molecule has 0 saturated heterocycles. The van der Waals surface area contributed by atoms with Crippen LogP contribution < -0.4 is 5.56 Å². The van der Waals surface area contributed by atoms with Gasteiger partial charge in [-0.25, -0.2) is 4.98 Å². The monoisotopic (exact) mass is 338 g/mol. The lowest BCUT2D eigenvalue weighted by molar-refractivity contribution is 0.976. The second-order valence-electron chi connectivity index (χ2n) is 4.89. The second kappa shape index (κ2) is 5.44. The minimum Gasteiger partial charge on any atom is -0.310 e. The van der Waals surface area contributed by atoms with Crippen molar-refractivity contribution in [2.24, 2.45) is 0 Å². The standard InChI is InChI=1S/C15H12Cl2N2OS/c1-7-8(2)21-15-13(7)14(20)18-12(19-15)5-9-3-4-10(16)6-11(9)17/h3-4,6H,5H2,1-2H3,(H,18,19,20). The SMILES string of the molecule is Cc1sc2nc(Cc3ccc(Cl)cc3Cl)[nH]c(=O)c2c1C. The number of nitrogens with one attached hydrogen (secondary N) is 1. The topological polar surface area (TPSA) is 45.8 Å². The summed E-state index contributed by atoms with van der Waals surface area (Å²) in [6.45, 7) is 3.94. The van der Waals surface area contributed by atoms with Crippen molar-refractivity contribution in [3.63, 3.8) is 0 Å². The van der Waals surface area contributed by atoms with E-state index in [1.165, 1.54) is 11.3 Å². The van der Waals surface area contributed by atoms with Crippen molar-refractivity contribution in [2.45, 2.75) is 20.3 Å².